The summed E-state index contributed by atoms with van der Waals surface area (Å²) in [6.45, 7) is 6.36. The highest BCUT2D eigenvalue weighted by molar-refractivity contribution is 7.15. The number of rotatable bonds is 7. The number of nitrogen functional groups attached to an aromatic ring is 1. The highest BCUT2D eigenvalue weighted by atomic mass is 32.1. The second kappa shape index (κ2) is 10.4. The zero-order chi connectivity index (χ0) is 26.9. The van der Waals surface area contributed by atoms with Gasteiger partial charge in [-0.1, -0.05) is 25.8 Å². The van der Waals surface area contributed by atoms with Crippen molar-refractivity contribution in [1.29, 1.82) is 5.41 Å². The maximum absolute atomic E-state index is 8.97. The Morgan fingerprint density at radius 1 is 1.08 bits per heavy atom. The minimum atomic E-state index is 0.188. The van der Waals surface area contributed by atoms with Gasteiger partial charge in [0, 0.05) is 44.5 Å². The number of nitrogens with two attached hydrogens (primary N) is 1. The number of nitrogens with zero attached hydrogens (tertiary/aromatic N) is 4. The van der Waals surface area contributed by atoms with Crippen LogP contribution < -0.4 is 11.1 Å². The van der Waals surface area contributed by atoms with Crippen LogP contribution in [0.5, 0.6) is 0 Å². The Bertz CT molecular complexity index is 1690. The molecule has 0 saturated heterocycles. The molecule has 6 rings (SSSR count). The summed E-state index contributed by atoms with van der Waals surface area (Å²) < 4.78 is 0. The van der Waals surface area contributed by atoms with Crippen LogP contribution in [0.25, 0.3) is 32.7 Å². The fraction of sp³-hybridized carbons (Fsp3) is 0.233. The quantitative estimate of drug-likeness (QED) is 0.167. The van der Waals surface area contributed by atoms with E-state index in [1.165, 1.54) is 37.0 Å². The van der Waals surface area contributed by atoms with Crippen LogP contribution in [0.2, 0.25) is 0 Å². The molecule has 0 radical (unpaired) electrons. The topological polar surface area (TPSA) is 129 Å². The van der Waals surface area contributed by atoms with E-state index >= 15 is 0 Å². The van der Waals surface area contributed by atoms with Crippen LogP contribution >= 0.6 is 11.3 Å². The Hall–Kier alpha value is -4.37. The number of thiophene rings is 1. The molecular weight excluding hydrogens is 504 g/mol. The van der Waals surface area contributed by atoms with Crippen LogP contribution in [0, 0.1) is 18.3 Å². The fourth-order valence-corrected chi connectivity index (χ4v) is 6.04. The van der Waals surface area contributed by atoms with Gasteiger partial charge in [-0.15, -0.1) is 11.3 Å². The molecule has 0 atom stereocenters. The highest BCUT2D eigenvalue weighted by Gasteiger charge is 2.19. The van der Waals surface area contributed by atoms with E-state index in [4.69, 9.17) is 16.1 Å². The maximum atomic E-state index is 8.97. The fourth-order valence-electron chi connectivity index (χ4n) is 5.17. The van der Waals surface area contributed by atoms with Crippen molar-refractivity contribution in [2.24, 2.45) is 5.92 Å². The van der Waals surface area contributed by atoms with Crippen LogP contribution in [0.15, 0.2) is 67.5 Å². The van der Waals surface area contributed by atoms with Crippen LogP contribution in [0.4, 0.5) is 11.4 Å². The molecule has 1 aliphatic rings. The summed E-state index contributed by atoms with van der Waals surface area (Å²) in [6.07, 6.45) is 14.9. The van der Waals surface area contributed by atoms with Gasteiger partial charge in [0.15, 0.2) is 5.82 Å². The van der Waals surface area contributed by atoms with E-state index in [0.29, 0.717) is 28.7 Å². The monoisotopic (exact) mass is 534 g/mol. The first kappa shape index (κ1) is 24.9. The molecule has 0 bridgehead atoms. The highest BCUT2D eigenvalue weighted by Crippen LogP contribution is 2.33. The SMILES string of the molecule is C=C(Nc1cncc(-c2cc(C(=N)c3nc4c(-c5ccc(C)s5)cncc4[nH]3)c(N)cn2)c1)C1CCCCC1. The molecule has 39 heavy (non-hydrogen) atoms. The smallest absolute Gasteiger partial charge is 0.157 e. The number of nitrogens with one attached hydrogen (secondary N) is 3. The lowest BCUT2D eigenvalue weighted by Gasteiger charge is -2.24. The molecule has 1 aliphatic carbocycles. The molecule has 1 fully saturated rings. The normalized spacial score (nSPS) is 14.0. The average Bonchev–Trinajstić information content (AvgIpc) is 3.60. The van der Waals surface area contributed by atoms with Crippen molar-refractivity contribution in [1.82, 2.24) is 24.9 Å². The largest absolute Gasteiger partial charge is 0.397 e. The molecule has 5 heterocycles. The third-order valence-corrected chi connectivity index (χ3v) is 8.31. The molecule has 0 amide bonds. The summed E-state index contributed by atoms with van der Waals surface area (Å²) in [7, 11) is 0. The van der Waals surface area contributed by atoms with E-state index in [-0.39, 0.29) is 5.71 Å². The number of allylic oxidation sites excluding steroid dienone is 1. The van der Waals surface area contributed by atoms with Crippen LogP contribution in [0.1, 0.15) is 48.4 Å². The minimum absolute atomic E-state index is 0.188. The number of anilines is 2. The Morgan fingerprint density at radius 2 is 1.90 bits per heavy atom. The molecular formula is C30H30N8S. The first-order chi connectivity index (χ1) is 19.0. The minimum Gasteiger partial charge on any atom is -0.397 e. The maximum Gasteiger partial charge on any atom is 0.157 e. The van der Waals surface area contributed by atoms with E-state index in [0.717, 1.165) is 38.4 Å². The van der Waals surface area contributed by atoms with Crippen molar-refractivity contribution in [3.8, 4) is 21.7 Å². The second-order valence-corrected chi connectivity index (χ2v) is 11.3. The van der Waals surface area contributed by atoms with Gasteiger partial charge >= 0.3 is 0 Å². The van der Waals surface area contributed by atoms with E-state index in [1.54, 1.807) is 36.1 Å². The number of H-pyrrole nitrogens is 1. The lowest BCUT2D eigenvalue weighted by atomic mass is 9.87. The van der Waals surface area contributed by atoms with Gasteiger partial charge in [-0.05, 0) is 49.9 Å². The third-order valence-electron chi connectivity index (χ3n) is 7.28. The average molecular weight is 535 g/mol. The van der Waals surface area contributed by atoms with E-state index < -0.39 is 0 Å². The third kappa shape index (κ3) is 5.05. The predicted octanol–water partition coefficient (Wildman–Crippen LogP) is 6.96. The molecule has 5 N–H and O–H groups in total. The summed E-state index contributed by atoms with van der Waals surface area (Å²) in [6, 6.07) is 7.99. The van der Waals surface area contributed by atoms with Gasteiger partial charge in [0.2, 0.25) is 0 Å². The summed E-state index contributed by atoms with van der Waals surface area (Å²) in [5, 5.41) is 12.4. The number of aromatic amines is 1. The summed E-state index contributed by atoms with van der Waals surface area (Å²) in [5.74, 6) is 0.918. The van der Waals surface area contributed by atoms with Crippen molar-refractivity contribution in [2.45, 2.75) is 39.0 Å². The zero-order valence-corrected chi connectivity index (χ0v) is 22.6. The molecule has 0 aromatic carbocycles. The number of aromatic nitrogens is 5. The Labute approximate surface area is 231 Å². The predicted molar refractivity (Wildman–Crippen MR) is 159 cm³/mol. The van der Waals surface area contributed by atoms with Gasteiger partial charge in [-0.3, -0.25) is 20.4 Å². The lowest BCUT2D eigenvalue weighted by molar-refractivity contribution is 0.405. The number of aryl methyl sites for hydroxylation is 1. The molecule has 5 aromatic heterocycles. The standard InChI is InChI=1S/C30H30N8S/c1-17-8-9-27(39-17)23-14-34-16-26-29(23)38-30(37-26)28(32)22-11-25(35-15-24(22)31)20-10-21(13-33-12-20)36-18(2)19-6-4-3-5-7-19/h8-16,19,32,36H,2-7,31H2,1H3,(H,37,38). The van der Waals surface area contributed by atoms with Crippen molar-refractivity contribution in [2.75, 3.05) is 11.1 Å². The van der Waals surface area contributed by atoms with Gasteiger partial charge in [0.05, 0.1) is 41.2 Å². The molecule has 0 aliphatic heterocycles. The summed E-state index contributed by atoms with van der Waals surface area (Å²) in [5.41, 5.74) is 13.4. The lowest BCUT2D eigenvalue weighted by Crippen LogP contribution is -2.14. The molecule has 1 saturated carbocycles. The van der Waals surface area contributed by atoms with Crippen LogP contribution in [-0.4, -0.2) is 30.6 Å². The second-order valence-electron chi connectivity index (χ2n) is 10.1. The summed E-state index contributed by atoms with van der Waals surface area (Å²) in [4.78, 5) is 23.7. The first-order valence-electron chi connectivity index (χ1n) is 13.1. The van der Waals surface area contributed by atoms with Gasteiger partial charge < -0.3 is 16.0 Å². The Balaban J connectivity index is 1.29. The van der Waals surface area contributed by atoms with Gasteiger partial charge in [0.1, 0.15) is 11.2 Å². The molecule has 0 unspecified atom stereocenters. The number of hydrogen-bond acceptors (Lipinski definition) is 8. The molecule has 0 spiro atoms. The van der Waals surface area contributed by atoms with E-state index in [1.807, 2.05) is 18.3 Å². The van der Waals surface area contributed by atoms with Gasteiger partial charge in [-0.2, -0.15) is 0 Å². The van der Waals surface area contributed by atoms with Crippen LogP contribution in [0.3, 0.4) is 0 Å². The number of pyridine rings is 3. The van der Waals surface area contributed by atoms with Gasteiger partial charge in [-0.25, -0.2) is 4.98 Å². The van der Waals surface area contributed by atoms with E-state index in [9.17, 15) is 0 Å². The first-order valence-corrected chi connectivity index (χ1v) is 13.9. The molecule has 196 valence electrons. The van der Waals surface area contributed by atoms with Crippen LogP contribution in [-0.2, 0) is 0 Å². The number of hydrogen-bond donors (Lipinski definition) is 4. The molecule has 9 heteroatoms. The summed E-state index contributed by atoms with van der Waals surface area (Å²) >= 11 is 1.69. The number of fused-ring (bicyclic) bond motifs is 1. The molecule has 8 nitrogen and oxygen atoms in total. The molecule has 5 aromatic rings. The van der Waals surface area contributed by atoms with Gasteiger partial charge in [0.25, 0.3) is 0 Å². The zero-order valence-electron chi connectivity index (χ0n) is 21.8. The Kier molecular flexibility index (Phi) is 6.66. The number of imidazole rings is 1. The Morgan fingerprint density at radius 3 is 2.69 bits per heavy atom. The van der Waals surface area contributed by atoms with Crippen molar-refractivity contribution < 1.29 is 0 Å². The van der Waals surface area contributed by atoms with Crippen molar-refractivity contribution in [3.05, 3.63) is 83.8 Å². The van der Waals surface area contributed by atoms with Crippen molar-refractivity contribution in [3.63, 3.8) is 0 Å². The van der Waals surface area contributed by atoms with Crippen molar-refractivity contribution >= 4 is 39.5 Å². The van der Waals surface area contributed by atoms with E-state index in [2.05, 4.69) is 50.9 Å².